The Hall–Kier alpha value is -2.42. The van der Waals surface area contributed by atoms with Gasteiger partial charge in [0, 0.05) is 12.7 Å². The van der Waals surface area contributed by atoms with Crippen molar-refractivity contribution in [2.45, 2.75) is 37.8 Å². The highest BCUT2D eigenvalue weighted by Crippen LogP contribution is 2.55. The molecule has 23 heteroatoms. The molecule has 6 atom stereocenters. The van der Waals surface area contributed by atoms with Crippen LogP contribution in [0.4, 0.5) is 10.3 Å². The van der Waals surface area contributed by atoms with Gasteiger partial charge in [-0.1, -0.05) is 12.2 Å². The maximum Gasteiger partial charge on any atom is 0.325 e. The summed E-state index contributed by atoms with van der Waals surface area (Å²) in [5.41, 5.74) is 7.86. The number of H-pyrrole nitrogens is 1. The van der Waals surface area contributed by atoms with E-state index in [1.165, 1.54) is 23.2 Å². The van der Waals surface area contributed by atoms with Crippen molar-refractivity contribution < 1.29 is 36.9 Å². The zero-order valence-electron chi connectivity index (χ0n) is 21.5. The van der Waals surface area contributed by atoms with Crippen molar-refractivity contribution in [2.24, 2.45) is 5.73 Å². The lowest BCUT2D eigenvalue weighted by Crippen LogP contribution is -2.32. The minimum Gasteiger partial charge on any atom is -0.369 e. The molecular formula is C20H22FN9O8P2S3. The molecule has 4 aromatic heterocycles. The van der Waals surface area contributed by atoms with Gasteiger partial charge >= 0.3 is 6.72 Å². The topological polar surface area (TPSA) is 230 Å². The summed E-state index contributed by atoms with van der Waals surface area (Å²) >= 11 is 15.0. The highest BCUT2D eigenvalue weighted by atomic mass is 32.9. The van der Waals surface area contributed by atoms with Gasteiger partial charge in [0.25, 0.3) is 5.56 Å². The maximum absolute atomic E-state index is 15.9. The number of ether oxygens (including phenoxy) is 1. The van der Waals surface area contributed by atoms with E-state index in [0.29, 0.717) is 11.2 Å². The van der Waals surface area contributed by atoms with Gasteiger partial charge in [-0.2, -0.15) is 4.98 Å². The second-order valence-electron chi connectivity index (χ2n) is 9.30. The van der Waals surface area contributed by atoms with Gasteiger partial charge in [0.05, 0.1) is 25.1 Å². The standard InChI is InChI=1S/C20H22FN9O8P2S3/c21-12-10-5-36-40(42,43)34-2-1-29-11(26-9-3-8(15(22)31)4-24-16(9)29)6-35-39(33,41)38-14(12)19(37-10)30-7-25-13-17(30)27-20(23)28-18(13)32/h3-4,7,10,12,14,19H,1-2,5-6H2,(H2,22,31)(H,33,41)(H,42,43)(H3,23,27,28,32)/t10-,12-,14-,19-,39?/m1/s1. The average Bonchev–Trinajstić information content (AvgIpc) is 3.59. The third-order valence-electron chi connectivity index (χ3n) is 6.52. The molecule has 2 aliphatic rings. The Morgan fingerprint density at radius 1 is 1.23 bits per heavy atom. The van der Waals surface area contributed by atoms with Gasteiger partial charge in [-0.15, -0.1) is 0 Å². The van der Waals surface area contributed by atoms with E-state index >= 15 is 4.39 Å². The number of alkyl halides is 1. The van der Waals surface area contributed by atoms with E-state index in [0.717, 1.165) is 0 Å². The van der Waals surface area contributed by atoms with Crippen LogP contribution in [0.15, 0.2) is 23.4 Å². The molecule has 43 heavy (non-hydrogen) atoms. The fourth-order valence-electron chi connectivity index (χ4n) is 4.61. The summed E-state index contributed by atoms with van der Waals surface area (Å²) in [6, 6.07) is 1.44. The van der Waals surface area contributed by atoms with Gasteiger partial charge in [-0.3, -0.25) is 23.7 Å². The Balaban J connectivity index is 1.38. The number of hydrogen-bond donors (Lipinski definition) is 5. The van der Waals surface area contributed by atoms with E-state index in [1.807, 2.05) is 0 Å². The molecule has 4 aromatic rings. The number of imidazole rings is 2. The molecule has 1 fully saturated rings. The second kappa shape index (κ2) is 11.5. The highest BCUT2D eigenvalue weighted by Gasteiger charge is 2.50. The molecule has 1 amide bonds. The third-order valence-corrected chi connectivity index (χ3v) is 10.4. The number of halogens is 1. The third kappa shape index (κ3) is 6.12. The van der Waals surface area contributed by atoms with Crippen LogP contribution in [0.25, 0.3) is 22.3 Å². The van der Waals surface area contributed by atoms with Crippen molar-refractivity contribution >= 4 is 82.5 Å². The van der Waals surface area contributed by atoms with Crippen LogP contribution in [-0.4, -0.2) is 76.4 Å². The van der Waals surface area contributed by atoms with Crippen molar-refractivity contribution in [2.75, 3.05) is 18.9 Å². The van der Waals surface area contributed by atoms with Crippen molar-refractivity contribution in [1.82, 2.24) is 34.1 Å². The van der Waals surface area contributed by atoms with Crippen LogP contribution >= 0.6 is 24.7 Å². The van der Waals surface area contributed by atoms with Crippen LogP contribution < -0.4 is 17.0 Å². The Bertz CT molecular complexity index is 1910. The normalized spacial score (nSPS) is 30.6. The lowest BCUT2D eigenvalue weighted by atomic mass is 10.1. The summed E-state index contributed by atoms with van der Waals surface area (Å²) in [4.78, 5) is 54.2. The number of primary amides is 1. The van der Waals surface area contributed by atoms with Crippen LogP contribution in [0.3, 0.4) is 0 Å². The van der Waals surface area contributed by atoms with Crippen molar-refractivity contribution in [3.63, 3.8) is 0 Å². The van der Waals surface area contributed by atoms with E-state index in [1.54, 1.807) is 4.57 Å². The molecule has 2 bridgehead atoms. The van der Waals surface area contributed by atoms with Gasteiger partial charge in [0.1, 0.15) is 30.2 Å². The zero-order chi connectivity index (χ0) is 30.7. The molecule has 6 rings (SSSR count). The number of nitrogens with one attached hydrogen (secondary N) is 1. The van der Waals surface area contributed by atoms with E-state index in [2.05, 4.69) is 37.2 Å². The van der Waals surface area contributed by atoms with Gasteiger partial charge < -0.3 is 39.2 Å². The number of nitrogen functional groups attached to an aromatic ring is 1. The fraction of sp³-hybridized carbons (Fsp3) is 0.400. The molecule has 0 spiro atoms. The predicted octanol–water partition coefficient (Wildman–Crippen LogP) is 0.801. The van der Waals surface area contributed by atoms with Crippen LogP contribution in [0.5, 0.6) is 0 Å². The monoisotopic (exact) mass is 693 g/mol. The van der Waals surface area contributed by atoms with E-state index in [9.17, 15) is 14.5 Å². The Morgan fingerprint density at radius 3 is 2.79 bits per heavy atom. The first kappa shape index (κ1) is 30.6. The molecule has 0 saturated carbocycles. The zero-order valence-corrected chi connectivity index (χ0v) is 25.9. The summed E-state index contributed by atoms with van der Waals surface area (Å²) in [5.74, 6) is -0.701. The maximum atomic E-state index is 15.9. The van der Waals surface area contributed by atoms with E-state index < -0.39 is 61.7 Å². The van der Waals surface area contributed by atoms with Gasteiger partial charge in [0.15, 0.2) is 29.2 Å². The summed E-state index contributed by atoms with van der Waals surface area (Å²) in [5, 5.41) is 0. The number of amides is 1. The molecule has 0 aliphatic carbocycles. The largest absolute Gasteiger partial charge is 0.369 e. The molecular weight excluding hydrogens is 671 g/mol. The van der Waals surface area contributed by atoms with Crippen LogP contribution in [0.2, 0.25) is 0 Å². The molecule has 1 saturated heterocycles. The number of hydrogen-bond acceptors (Lipinski definition) is 14. The van der Waals surface area contributed by atoms with Crippen molar-refractivity contribution in [3.8, 4) is 0 Å². The number of aromatic nitrogens is 7. The molecule has 0 radical (unpaired) electrons. The molecule has 2 unspecified atom stereocenters. The molecule has 2 aliphatic heterocycles. The molecule has 17 nitrogen and oxygen atoms in total. The first-order valence-electron chi connectivity index (χ1n) is 12.3. The predicted molar refractivity (Wildman–Crippen MR) is 159 cm³/mol. The fourth-order valence-corrected chi connectivity index (χ4v) is 7.51. The molecule has 230 valence electrons. The Kier molecular flexibility index (Phi) is 8.18. The minimum absolute atomic E-state index is 0.0270. The van der Waals surface area contributed by atoms with E-state index in [-0.39, 0.29) is 41.7 Å². The summed E-state index contributed by atoms with van der Waals surface area (Å²) in [7, 11) is 0. The second-order valence-corrected chi connectivity index (χ2v) is 17.4. The minimum atomic E-state index is -4.21. The molecule has 6 heterocycles. The number of aromatic amines is 1. The van der Waals surface area contributed by atoms with Gasteiger partial charge in [-0.05, 0) is 29.7 Å². The average molecular weight is 694 g/mol. The number of carbonyl (C=O) groups is 1. The number of fused-ring (bicyclic) bond motifs is 6. The first-order chi connectivity index (χ1) is 20.3. The lowest BCUT2D eigenvalue weighted by Gasteiger charge is -2.25. The van der Waals surface area contributed by atoms with Crippen molar-refractivity contribution in [3.05, 3.63) is 40.3 Å². The molecule has 0 aromatic carbocycles. The number of nitrogens with two attached hydrogens (primary N) is 2. The number of carbonyl (C=O) groups excluding carboxylic acids is 1. The number of pyridine rings is 1. The first-order valence-corrected chi connectivity index (χ1v) is 18.6. The number of thiol groups is 1. The molecule has 6 N–H and O–H groups in total. The van der Waals surface area contributed by atoms with Crippen LogP contribution in [0, 0.1) is 0 Å². The van der Waals surface area contributed by atoms with Crippen LogP contribution in [0.1, 0.15) is 22.4 Å². The highest BCUT2D eigenvalue weighted by molar-refractivity contribution is 8.60. The SMILES string of the molecule is NC(=O)c1cnc2c(c1)nc1n2CCOP(=S)(S)OC[C@H]2O[C@@H](n3cnc4c(=O)[nH]c(N)nc43)[C@H](OP(O)(=S)OC1)[C@@H]2F. The van der Waals surface area contributed by atoms with E-state index in [4.69, 9.17) is 57.9 Å². The van der Waals surface area contributed by atoms with Gasteiger partial charge in [-0.25, -0.2) is 19.3 Å². The number of nitrogens with zero attached hydrogens (tertiary/aromatic N) is 6. The van der Waals surface area contributed by atoms with Crippen molar-refractivity contribution in [1.29, 1.82) is 0 Å². The smallest absolute Gasteiger partial charge is 0.325 e. The number of anilines is 1. The summed E-state index contributed by atoms with van der Waals surface area (Å²) in [6.45, 7) is -4.91. The summed E-state index contributed by atoms with van der Waals surface area (Å²) < 4.78 is 47.4. The Labute approximate surface area is 255 Å². The quantitative estimate of drug-likeness (QED) is 0.144. The van der Waals surface area contributed by atoms with Gasteiger partial charge in [0.2, 0.25) is 17.5 Å². The van der Waals surface area contributed by atoms with Crippen LogP contribution in [-0.2, 0) is 59.6 Å². The summed E-state index contributed by atoms with van der Waals surface area (Å²) in [6.07, 6.45) is -3.72. The lowest BCUT2D eigenvalue weighted by molar-refractivity contribution is -0.0445. The Morgan fingerprint density at radius 2 is 2.02 bits per heavy atom. The number of rotatable bonds is 2.